The van der Waals surface area contributed by atoms with Crippen molar-refractivity contribution >= 4 is 40.5 Å². The number of benzene rings is 2. The molecular weight excluding hydrogens is 466 g/mol. The van der Waals surface area contributed by atoms with Gasteiger partial charge in [-0.25, -0.2) is 4.79 Å². The normalized spacial score (nSPS) is 10.7. The lowest BCUT2D eigenvalue weighted by atomic mass is 9.98. The number of rotatable bonds is 8. The summed E-state index contributed by atoms with van der Waals surface area (Å²) in [4.78, 5) is 42.0. The fraction of sp³-hybridized carbons (Fsp3) is 0.0909. The molecular formula is C22H15N3O6S2. The largest absolute Gasteiger partial charge is 0.452 e. The van der Waals surface area contributed by atoms with Crippen LogP contribution in [0.3, 0.4) is 0 Å². The molecule has 4 aromatic rings. The number of esters is 1. The highest BCUT2D eigenvalue weighted by Crippen LogP contribution is 2.29. The fourth-order valence-corrected chi connectivity index (χ4v) is 4.21. The summed E-state index contributed by atoms with van der Waals surface area (Å²) in [5, 5.41) is 17.1. The summed E-state index contributed by atoms with van der Waals surface area (Å²) in [5.41, 5.74) is 0.0131. The Kier molecular flexibility index (Phi) is 6.61. The predicted octanol–water partition coefficient (Wildman–Crippen LogP) is 5.02. The highest BCUT2D eigenvalue weighted by Gasteiger charge is 2.23. The minimum absolute atomic E-state index is 0.0251. The van der Waals surface area contributed by atoms with Crippen molar-refractivity contribution in [3.63, 3.8) is 0 Å². The van der Waals surface area contributed by atoms with Crippen molar-refractivity contribution in [1.82, 2.24) is 10.1 Å². The second-order valence-electron chi connectivity index (χ2n) is 6.58. The van der Waals surface area contributed by atoms with Crippen molar-refractivity contribution in [3.8, 4) is 10.7 Å². The zero-order chi connectivity index (χ0) is 23.4. The summed E-state index contributed by atoms with van der Waals surface area (Å²) in [6, 6.07) is 14.0. The number of thiophene rings is 1. The summed E-state index contributed by atoms with van der Waals surface area (Å²) >= 11 is 2.65. The van der Waals surface area contributed by atoms with Crippen molar-refractivity contribution in [2.45, 2.75) is 11.5 Å². The Balaban J connectivity index is 1.53. The number of nitro benzene ring substituents is 1. The molecule has 2 aromatic heterocycles. The number of carbonyl (C=O) groups excluding carboxylic acids is 2. The third-order valence-electron chi connectivity index (χ3n) is 4.57. The number of nitrogens with zero attached hydrogens (tertiary/aromatic N) is 3. The maximum Gasteiger partial charge on any atom is 0.339 e. The Hall–Kier alpha value is -3.83. The first-order valence-electron chi connectivity index (χ1n) is 9.47. The third-order valence-corrected chi connectivity index (χ3v) is 6.22. The van der Waals surface area contributed by atoms with Gasteiger partial charge < -0.3 is 9.26 Å². The SMILES string of the molecule is CSc1ccc(C(=O)c2ccccc2C(=O)OCc2nc(-c3cccs3)no2)cc1[N+](=O)[O-]. The molecule has 4 rings (SSSR count). The van der Waals surface area contributed by atoms with E-state index in [9.17, 15) is 19.7 Å². The zero-order valence-electron chi connectivity index (χ0n) is 17.1. The number of hydrogen-bond acceptors (Lipinski definition) is 10. The van der Waals surface area contributed by atoms with Crippen LogP contribution in [0.25, 0.3) is 10.7 Å². The number of aromatic nitrogens is 2. The quantitative estimate of drug-likeness (QED) is 0.112. The molecule has 11 heteroatoms. The molecule has 0 aliphatic rings. The highest BCUT2D eigenvalue weighted by atomic mass is 32.2. The molecule has 166 valence electrons. The van der Waals surface area contributed by atoms with Gasteiger partial charge in [-0.1, -0.05) is 29.4 Å². The number of ketones is 1. The Labute approximate surface area is 195 Å². The number of ether oxygens (including phenoxy) is 1. The van der Waals surface area contributed by atoms with Gasteiger partial charge >= 0.3 is 5.97 Å². The van der Waals surface area contributed by atoms with Crippen LogP contribution in [-0.2, 0) is 11.3 Å². The minimum Gasteiger partial charge on any atom is -0.452 e. The van der Waals surface area contributed by atoms with Gasteiger partial charge in [-0.2, -0.15) is 4.98 Å². The number of carbonyl (C=O) groups is 2. The van der Waals surface area contributed by atoms with Gasteiger partial charge in [-0.05, 0) is 35.9 Å². The maximum absolute atomic E-state index is 13.1. The summed E-state index contributed by atoms with van der Waals surface area (Å²) < 4.78 is 10.4. The van der Waals surface area contributed by atoms with Gasteiger partial charge in [0.25, 0.3) is 11.6 Å². The van der Waals surface area contributed by atoms with E-state index < -0.39 is 16.7 Å². The molecule has 0 atom stereocenters. The van der Waals surface area contributed by atoms with E-state index in [0.717, 1.165) is 4.88 Å². The average molecular weight is 482 g/mol. The molecule has 0 amide bonds. The second-order valence-corrected chi connectivity index (χ2v) is 8.38. The molecule has 0 radical (unpaired) electrons. The van der Waals surface area contributed by atoms with E-state index in [1.165, 1.54) is 53.4 Å². The van der Waals surface area contributed by atoms with Gasteiger partial charge in [0.1, 0.15) is 0 Å². The summed E-state index contributed by atoms with van der Waals surface area (Å²) in [6.45, 7) is -0.270. The van der Waals surface area contributed by atoms with Crippen LogP contribution in [0.4, 0.5) is 5.69 Å². The topological polar surface area (TPSA) is 125 Å². The average Bonchev–Trinajstić information content (AvgIpc) is 3.53. The zero-order valence-corrected chi connectivity index (χ0v) is 18.7. The lowest BCUT2D eigenvalue weighted by Gasteiger charge is -2.09. The second kappa shape index (κ2) is 9.76. The summed E-state index contributed by atoms with van der Waals surface area (Å²) in [6.07, 6.45) is 1.71. The van der Waals surface area contributed by atoms with E-state index in [1.807, 2.05) is 17.5 Å². The maximum atomic E-state index is 13.1. The number of nitro groups is 1. The first kappa shape index (κ1) is 22.4. The Morgan fingerprint density at radius 1 is 1.15 bits per heavy atom. The van der Waals surface area contributed by atoms with Crippen LogP contribution in [0.5, 0.6) is 0 Å². The van der Waals surface area contributed by atoms with Crippen LogP contribution >= 0.6 is 23.1 Å². The minimum atomic E-state index is -0.759. The van der Waals surface area contributed by atoms with Gasteiger partial charge in [0.05, 0.1) is 20.3 Å². The third kappa shape index (κ3) is 4.83. The molecule has 0 bridgehead atoms. The van der Waals surface area contributed by atoms with Crippen molar-refractivity contribution in [1.29, 1.82) is 0 Å². The molecule has 0 aliphatic heterocycles. The lowest BCUT2D eigenvalue weighted by molar-refractivity contribution is -0.387. The number of hydrogen-bond donors (Lipinski definition) is 0. The van der Waals surface area contributed by atoms with E-state index in [-0.39, 0.29) is 34.9 Å². The molecule has 0 saturated carbocycles. The first-order valence-corrected chi connectivity index (χ1v) is 11.6. The molecule has 0 N–H and O–H groups in total. The Morgan fingerprint density at radius 2 is 1.94 bits per heavy atom. The fourth-order valence-electron chi connectivity index (χ4n) is 3.01. The molecule has 0 saturated heterocycles. The van der Waals surface area contributed by atoms with Gasteiger partial charge in [-0.15, -0.1) is 23.1 Å². The van der Waals surface area contributed by atoms with Gasteiger partial charge in [-0.3, -0.25) is 14.9 Å². The summed E-state index contributed by atoms with van der Waals surface area (Å²) in [5.74, 6) is -0.790. The van der Waals surface area contributed by atoms with E-state index in [0.29, 0.717) is 10.7 Å². The predicted molar refractivity (Wildman–Crippen MR) is 121 cm³/mol. The van der Waals surface area contributed by atoms with Gasteiger partial charge in [0.2, 0.25) is 5.82 Å². The Morgan fingerprint density at radius 3 is 2.64 bits per heavy atom. The van der Waals surface area contributed by atoms with E-state index in [4.69, 9.17) is 9.26 Å². The van der Waals surface area contributed by atoms with Crippen LogP contribution in [0.2, 0.25) is 0 Å². The van der Waals surface area contributed by atoms with Gasteiger partial charge in [0.15, 0.2) is 12.4 Å². The smallest absolute Gasteiger partial charge is 0.339 e. The van der Waals surface area contributed by atoms with Gasteiger partial charge in [0, 0.05) is 17.2 Å². The van der Waals surface area contributed by atoms with Crippen molar-refractivity contribution in [2.24, 2.45) is 0 Å². The van der Waals surface area contributed by atoms with E-state index in [2.05, 4.69) is 10.1 Å². The molecule has 0 fully saturated rings. The standard InChI is InChI=1S/C22H15N3O6S2/c1-32-17-9-8-13(11-16(17)25(28)29)20(26)14-5-2-3-6-15(14)22(27)30-12-19-23-21(24-31-19)18-7-4-10-33-18/h2-11H,12H2,1H3. The van der Waals surface area contributed by atoms with E-state index in [1.54, 1.807) is 18.4 Å². The molecule has 0 unspecified atom stereocenters. The number of thioether (sulfide) groups is 1. The molecule has 2 heterocycles. The van der Waals surface area contributed by atoms with Crippen LogP contribution in [0, 0.1) is 10.1 Å². The van der Waals surface area contributed by atoms with Crippen molar-refractivity contribution < 1.29 is 23.8 Å². The summed E-state index contributed by atoms with van der Waals surface area (Å²) in [7, 11) is 0. The molecule has 0 aliphatic carbocycles. The molecule has 33 heavy (non-hydrogen) atoms. The monoisotopic (exact) mass is 481 g/mol. The van der Waals surface area contributed by atoms with Crippen LogP contribution in [0.1, 0.15) is 32.2 Å². The van der Waals surface area contributed by atoms with Crippen LogP contribution in [-0.4, -0.2) is 33.1 Å². The molecule has 2 aromatic carbocycles. The highest BCUT2D eigenvalue weighted by molar-refractivity contribution is 7.98. The van der Waals surface area contributed by atoms with Crippen molar-refractivity contribution in [2.75, 3.05) is 6.26 Å². The van der Waals surface area contributed by atoms with Crippen molar-refractivity contribution in [3.05, 3.63) is 92.7 Å². The van der Waals surface area contributed by atoms with E-state index >= 15 is 0 Å². The first-order chi connectivity index (χ1) is 16.0. The molecule has 0 spiro atoms. The lowest BCUT2D eigenvalue weighted by Crippen LogP contribution is -2.13. The Bertz CT molecular complexity index is 1330. The van der Waals surface area contributed by atoms with Crippen LogP contribution < -0.4 is 0 Å². The molecule has 9 nitrogen and oxygen atoms in total. The van der Waals surface area contributed by atoms with Crippen LogP contribution in [0.15, 0.2) is 69.4 Å².